The molecule has 0 bridgehead atoms. The van der Waals surface area contributed by atoms with Crippen molar-refractivity contribution in [1.29, 1.82) is 0 Å². The van der Waals surface area contributed by atoms with Gasteiger partial charge < -0.3 is 15.2 Å². The Balaban J connectivity index is 2.13. The molecule has 0 aliphatic heterocycles. The van der Waals surface area contributed by atoms with E-state index < -0.39 is 0 Å². The highest BCUT2D eigenvalue weighted by molar-refractivity contribution is 5.87. The van der Waals surface area contributed by atoms with Gasteiger partial charge in [-0.15, -0.1) is 0 Å². The molecule has 3 heteroatoms. The smallest absolute Gasteiger partial charge is 0.123 e. The van der Waals surface area contributed by atoms with Crippen molar-refractivity contribution in [2.24, 2.45) is 5.73 Å². The van der Waals surface area contributed by atoms with E-state index in [9.17, 15) is 0 Å². The van der Waals surface area contributed by atoms with E-state index in [0.29, 0.717) is 6.54 Å². The molecular weight excluding hydrogens is 250 g/mol. The number of methoxy groups -OCH3 is 1. The molecule has 0 heterocycles. The monoisotopic (exact) mass is 273 g/mol. The summed E-state index contributed by atoms with van der Waals surface area (Å²) in [7, 11) is 1.73. The number of fused-ring (bicyclic) bond motifs is 1. The van der Waals surface area contributed by atoms with Gasteiger partial charge in [0.25, 0.3) is 0 Å². The summed E-state index contributed by atoms with van der Waals surface area (Å²) in [6, 6.07) is 12.5. The molecular formula is C17H23NO2. The first-order valence-electron chi connectivity index (χ1n) is 7.19. The first-order chi connectivity index (χ1) is 9.86. The van der Waals surface area contributed by atoms with Crippen LogP contribution in [-0.2, 0) is 11.2 Å². The Labute approximate surface area is 120 Å². The Morgan fingerprint density at radius 1 is 1.00 bits per heavy atom. The third kappa shape index (κ3) is 3.71. The summed E-state index contributed by atoms with van der Waals surface area (Å²) in [5.74, 6) is 0.964. The molecule has 2 aromatic carbocycles. The van der Waals surface area contributed by atoms with Crippen LogP contribution in [0.1, 0.15) is 18.4 Å². The minimum absolute atomic E-state index is 0.633. The second kappa shape index (κ2) is 7.88. The minimum Gasteiger partial charge on any atom is -0.493 e. The van der Waals surface area contributed by atoms with Crippen LogP contribution in [0.2, 0.25) is 0 Å². The van der Waals surface area contributed by atoms with Crippen molar-refractivity contribution in [3.63, 3.8) is 0 Å². The van der Waals surface area contributed by atoms with Crippen molar-refractivity contribution in [3.05, 3.63) is 42.0 Å². The zero-order valence-electron chi connectivity index (χ0n) is 12.1. The van der Waals surface area contributed by atoms with Gasteiger partial charge in [-0.1, -0.05) is 30.3 Å². The highest BCUT2D eigenvalue weighted by Crippen LogP contribution is 2.28. The van der Waals surface area contributed by atoms with Crippen LogP contribution in [0.25, 0.3) is 10.8 Å². The van der Waals surface area contributed by atoms with Crippen LogP contribution in [0.3, 0.4) is 0 Å². The minimum atomic E-state index is 0.633. The molecule has 0 aliphatic carbocycles. The number of hydrogen-bond donors (Lipinski definition) is 1. The van der Waals surface area contributed by atoms with Gasteiger partial charge >= 0.3 is 0 Å². The van der Waals surface area contributed by atoms with Crippen molar-refractivity contribution in [2.75, 3.05) is 26.9 Å². The lowest BCUT2D eigenvalue weighted by molar-refractivity contribution is 0.184. The van der Waals surface area contributed by atoms with E-state index in [1.54, 1.807) is 7.11 Å². The Kier molecular flexibility index (Phi) is 5.84. The fraction of sp³-hybridized carbons (Fsp3) is 0.412. The quantitative estimate of drug-likeness (QED) is 0.751. The number of unbranched alkanes of at least 4 members (excludes halogenated alkanes) is 1. The maximum atomic E-state index is 5.93. The molecule has 0 saturated heterocycles. The average molecular weight is 273 g/mol. The summed E-state index contributed by atoms with van der Waals surface area (Å²) in [6.45, 7) is 2.14. The zero-order valence-corrected chi connectivity index (χ0v) is 12.1. The first kappa shape index (κ1) is 14.8. The number of rotatable bonds is 8. The highest BCUT2D eigenvalue weighted by Gasteiger charge is 2.08. The molecule has 2 N–H and O–H groups in total. The van der Waals surface area contributed by atoms with Gasteiger partial charge in [0.05, 0.1) is 6.61 Å². The van der Waals surface area contributed by atoms with Gasteiger partial charge in [-0.25, -0.2) is 0 Å². The molecule has 0 unspecified atom stereocenters. The summed E-state index contributed by atoms with van der Waals surface area (Å²) in [6.07, 6.45) is 2.87. The summed E-state index contributed by atoms with van der Waals surface area (Å²) >= 11 is 0. The third-order valence-electron chi connectivity index (χ3n) is 3.39. The summed E-state index contributed by atoms with van der Waals surface area (Å²) in [5.41, 5.74) is 6.96. The van der Waals surface area contributed by atoms with E-state index in [4.69, 9.17) is 15.2 Å². The van der Waals surface area contributed by atoms with Crippen LogP contribution in [0.4, 0.5) is 0 Å². The van der Waals surface area contributed by atoms with Crippen LogP contribution >= 0.6 is 0 Å². The van der Waals surface area contributed by atoms with Gasteiger partial charge in [-0.3, -0.25) is 0 Å². The molecule has 0 saturated carbocycles. The van der Waals surface area contributed by atoms with Gasteiger partial charge in [-0.2, -0.15) is 0 Å². The lowest BCUT2D eigenvalue weighted by atomic mass is 10.0. The second-order valence-corrected chi connectivity index (χ2v) is 4.85. The predicted octanol–water partition coefficient (Wildman–Crippen LogP) is 3.15. The SMILES string of the molecule is COCCCCOc1ccc2ccccc2c1CCN. The molecule has 2 rings (SSSR count). The van der Waals surface area contributed by atoms with Crippen LogP contribution in [0.5, 0.6) is 5.75 Å². The molecule has 0 aliphatic rings. The maximum absolute atomic E-state index is 5.93. The van der Waals surface area contributed by atoms with Gasteiger partial charge in [0.2, 0.25) is 0 Å². The van der Waals surface area contributed by atoms with Gasteiger partial charge in [-0.05, 0) is 42.6 Å². The Morgan fingerprint density at radius 3 is 2.60 bits per heavy atom. The summed E-state index contributed by atoms with van der Waals surface area (Å²) in [4.78, 5) is 0. The number of benzene rings is 2. The van der Waals surface area contributed by atoms with Crippen molar-refractivity contribution < 1.29 is 9.47 Å². The summed E-state index contributed by atoms with van der Waals surface area (Å²) in [5, 5.41) is 2.48. The number of ether oxygens (including phenoxy) is 2. The fourth-order valence-electron chi connectivity index (χ4n) is 2.38. The number of nitrogens with two attached hydrogens (primary N) is 1. The molecule has 20 heavy (non-hydrogen) atoms. The molecule has 0 fully saturated rings. The molecule has 0 amide bonds. The third-order valence-corrected chi connectivity index (χ3v) is 3.39. The van der Waals surface area contributed by atoms with Gasteiger partial charge in [0.1, 0.15) is 5.75 Å². The lowest BCUT2D eigenvalue weighted by Gasteiger charge is -2.14. The largest absolute Gasteiger partial charge is 0.493 e. The maximum Gasteiger partial charge on any atom is 0.123 e. The van der Waals surface area contributed by atoms with Gasteiger partial charge in [0, 0.05) is 19.3 Å². The van der Waals surface area contributed by atoms with Crippen molar-refractivity contribution in [1.82, 2.24) is 0 Å². The Hall–Kier alpha value is -1.58. The lowest BCUT2D eigenvalue weighted by Crippen LogP contribution is -2.07. The topological polar surface area (TPSA) is 44.5 Å². The fourth-order valence-corrected chi connectivity index (χ4v) is 2.38. The van der Waals surface area contributed by atoms with Crippen molar-refractivity contribution in [3.8, 4) is 5.75 Å². The van der Waals surface area contributed by atoms with Crippen LogP contribution < -0.4 is 10.5 Å². The zero-order chi connectivity index (χ0) is 14.2. The summed E-state index contributed by atoms with van der Waals surface area (Å²) < 4.78 is 11.0. The van der Waals surface area contributed by atoms with E-state index in [-0.39, 0.29) is 0 Å². The van der Waals surface area contributed by atoms with Crippen molar-refractivity contribution >= 4 is 10.8 Å². The predicted molar refractivity (Wildman–Crippen MR) is 83.3 cm³/mol. The van der Waals surface area contributed by atoms with Crippen LogP contribution in [-0.4, -0.2) is 26.9 Å². The van der Waals surface area contributed by atoms with Crippen molar-refractivity contribution in [2.45, 2.75) is 19.3 Å². The molecule has 2 aromatic rings. The number of hydrogen-bond acceptors (Lipinski definition) is 3. The molecule has 0 spiro atoms. The highest BCUT2D eigenvalue weighted by atomic mass is 16.5. The molecule has 3 nitrogen and oxygen atoms in total. The average Bonchev–Trinajstić information content (AvgIpc) is 2.49. The Bertz CT molecular complexity index is 540. The molecule has 0 radical (unpaired) electrons. The molecule has 108 valence electrons. The molecule has 0 atom stereocenters. The normalized spacial score (nSPS) is 10.9. The van der Waals surface area contributed by atoms with E-state index >= 15 is 0 Å². The van der Waals surface area contributed by atoms with E-state index in [1.165, 1.54) is 16.3 Å². The molecule has 0 aromatic heterocycles. The standard InChI is InChI=1S/C17H23NO2/c1-19-12-4-5-13-20-17-9-8-14-6-2-3-7-15(14)16(17)10-11-18/h2-3,6-9H,4-5,10-13,18H2,1H3. The Morgan fingerprint density at radius 2 is 1.80 bits per heavy atom. The van der Waals surface area contributed by atoms with Gasteiger partial charge in [0.15, 0.2) is 0 Å². The van der Waals surface area contributed by atoms with E-state index in [2.05, 4.69) is 36.4 Å². The second-order valence-electron chi connectivity index (χ2n) is 4.85. The van der Waals surface area contributed by atoms with E-state index in [1.807, 2.05) is 0 Å². The first-order valence-corrected chi connectivity index (χ1v) is 7.19. The van der Waals surface area contributed by atoms with Crippen LogP contribution in [0.15, 0.2) is 36.4 Å². The van der Waals surface area contributed by atoms with E-state index in [0.717, 1.165) is 38.2 Å². The van der Waals surface area contributed by atoms with Crippen LogP contribution in [0, 0.1) is 0 Å².